The normalized spacial score (nSPS) is 33.6. The number of rotatable bonds is 4. The molecule has 4 rings (SSSR count). The summed E-state index contributed by atoms with van der Waals surface area (Å²) in [5.74, 6) is 0.428. The molecule has 1 aliphatic carbocycles. The third kappa shape index (κ3) is 4.02. The molecule has 0 aromatic heterocycles. The second kappa shape index (κ2) is 7.51. The van der Waals surface area contributed by atoms with Gasteiger partial charge in [-0.15, -0.1) is 0 Å². The van der Waals surface area contributed by atoms with Crippen LogP contribution in [0.2, 0.25) is 0 Å². The summed E-state index contributed by atoms with van der Waals surface area (Å²) in [7, 11) is 0. The monoisotopic (exact) mass is 351 g/mol. The van der Waals surface area contributed by atoms with E-state index in [0.29, 0.717) is 26.1 Å². The molecule has 3 heterocycles. The number of aliphatic hydroxyl groups is 1. The second-order valence-corrected chi connectivity index (χ2v) is 8.57. The quantitative estimate of drug-likeness (QED) is 0.802. The number of likely N-dealkylation sites (tertiary alicyclic amines) is 2. The van der Waals surface area contributed by atoms with Crippen molar-refractivity contribution in [1.82, 2.24) is 14.7 Å². The van der Waals surface area contributed by atoms with Crippen LogP contribution in [-0.4, -0.2) is 96.4 Å². The first-order chi connectivity index (χ1) is 12.1. The number of carbonyl (C=O) groups is 1. The average molecular weight is 351 g/mol. The number of carbonyl (C=O) groups excluding carboxylic acids is 1. The van der Waals surface area contributed by atoms with Crippen LogP contribution in [0.1, 0.15) is 38.5 Å². The molecule has 0 aromatic rings. The molecule has 4 fully saturated rings. The summed E-state index contributed by atoms with van der Waals surface area (Å²) in [5.41, 5.74) is -0.736. The van der Waals surface area contributed by atoms with Crippen LogP contribution in [0, 0.1) is 5.92 Å². The van der Waals surface area contributed by atoms with E-state index in [1.807, 2.05) is 4.90 Å². The van der Waals surface area contributed by atoms with E-state index in [0.717, 1.165) is 45.4 Å². The van der Waals surface area contributed by atoms with Gasteiger partial charge in [0.05, 0.1) is 31.3 Å². The van der Waals surface area contributed by atoms with Gasteiger partial charge in [-0.3, -0.25) is 14.6 Å². The molecular formula is C19H33N3O3. The molecule has 1 saturated carbocycles. The predicted molar refractivity (Wildman–Crippen MR) is 95.3 cm³/mol. The number of hydrogen-bond acceptors (Lipinski definition) is 5. The molecule has 0 aromatic carbocycles. The van der Waals surface area contributed by atoms with Crippen molar-refractivity contribution in [2.24, 2.45) is 5.92 Å². The standard InChI is InChI=1S/C19H33N3O3/c23-18(16-12-22(13-16)17-4-2-1-3-5-17)21-7-6-19(24,15-21)14-20-8-10-25-11-9-20/h16-17,24H,1-15H2/t19-/m0/s1. The van der Waals surface area contributed by atoms with Crippen molar-refractivity contribution in [3.8, 4) is 0 Å². The van der Waals surface area contributed by atoms with Gasteiger partial charge in [0, 0.05) is 45.3 Å². The van der Waals surface area contributed by atoms with Crippen molar-refractivity contribution < 1.29 is 14.6 Å². The maximum Gasteiger partial charge on any atom is 0.228 e. The van der Waals surface area contributed by atoms with Crippen LogP contribution in [0.25, 0.3) is 0 Å². The molecule has 4 aliphatic rings. The fourth-order valence-electron chi connectivity index (χ4n) is 5.02. The summed E-state index contributed by atoms with van der Waals surface area (Å²) in [6.07, 6.45) is 7.40. The Morgan fingerprint density at radius 1 is 1.08 bits per heavy atom. The van der Waals surface area contributed by atoms with Crippen molar-refractivity contribution in [3.63, 3.8) is 0 Å². The van der Waals surface area contributed by atoms with Crippen molar-refractivity contribution in [2.75, 3.05) is 59.0 Å². The van der Waals surface area contributed by atoms with Crippen molar-refractivity contribution >= 4 is 5.91 Å². The van der Waals surface area contributed by atoms with Gasteiger partial charge < -0.3 is 14.7 Å². The number of amides is 1. The summed E-state index contributed by atoms with van der Waals surface area (Å²) in [4.78, 5) is 19.5. The summed E-state index contributed by atoms with van der Waals surface area (Å²) >= 11 is 0. The second-order valence-electron chi connectivity index (χ2n) is 8.57. The highest BCUT2D eigenvalue weighted by molar-refractivity contribution is 5.80. The lowest BCUT2D eigenvalue weighted by atomic mass is 9.88. The van der Waals surface area contributed by atoms with Gasteiger partial charge in [-0.25, -0.2) is 0 Å². The van der Waals surface area contributed by atoms with E-state index in [4.69, 9.17) is 4.74 Å². The summed E-state index contributed by atoms with van der Waals surface area (Å²) < 4.78 is 5.38. The zero-order valence-corrected chi connectivity index (χ0v) is 15.4. The third-order valence-electron chi connectivity index (χ3n) is 6.62. The highest BCUT2D eigenvalue weighted by Gasteiger charge is 2.44. The summed E-state index contributed by atoms with van der Waals surface area (Å²) in [6.45, 7) is 7.01. The van der Waals surface area contributed by atoms with Crippen LogP contribution >= 0.6 is 0 Å². The number of β-amino-alcohol motifs (C(OH)–C–C–N with tert-alkyl or cyclic N) is 1. The van der Waals surface area contributed by atoms with E-state index < -0.39 is 5.60 Å². The van der Waals surface area contributed by atoms with E-state index in [9.17, 15) is 9.90 Å². The van der Waals surface area contributed by atoms with Crippen LogP contribution in [0.5, 0.6) is 0 Å². The zero-order valence-electron chi connectivity index (χ0n) is 15.4. The van der Waals surface area contributed by atoms with E-state index in [1.54, 1.807) is 0 Å². The lowest BCUT2D eigenvalue weighted by Crippen LogP contribution is -2.58. The molecule has 0 bridgehead atoms. The first kappa shape index (κ1) is 17.7. The molecule has 6 heteroatoms. The molecular weight excluding hydrogens is 318 g/mol. The lowest BCUT2D eigenvalue weighted by Gasteiger charge is -2.46. The fourth-order valence-corrected chi connectivity index (χ4v) is 5.02. The summed E-state index contributed by atoms with van der Waals surface area (Å²) in [5, 5.41) is 10.9. The largest absolute Gasteiger partial charge is 0.387 e. The summed E-state index contributed by atoms with van der Waals surface area (Å²) in [6, 6.07) is 0.717. The molecule has 1 atom stereocenters. The van der Waals surface area contributed by atoms with Crippen LogP contribution in [0.15, 0.2) is 0 Å². The molecule has 6 nitrogen and oxygen atoms in total. The van der Waals surface area contributed by atoms with Gasteiger partial charge in [0.15, 0.2) is 0 Å². The Morgan fingerprint density at radius 3 is 2.52 bits per heavy atom. The molecule has 0 spiro atoms. The molecule has 1 N–H and O–H groups in total. The molecule has 1 amide bonds. The van der Waals surface area contributed by atoms with Crippen molar-refractivity contribution in [1.29, 1.82) is 0 Å². The number of morpholine rings is 1. The molecule has 3 saturated heterocycles. The third-order valence-corrected chi connectivity index (χ3v) is 6.62. The van der Waals surface area contributed by atoms with Gasteiger partial charge in [0.25, 0.3) is 0 Å². The molecule has 142 valence electrons. The van der Waals surface area contributed by atoms with Crippen LogP contribution in [-0.2, 0) is 9.53 Å². The van der Waals surface area contributed by atoms with Gasteiger partial charge >= 0.3 is 0 Å². The first-order valence-corrected chi connectivity index (χ1v) is 10.2. The highest BCUT2D eigenvalue weighted by Crippen LogP contribution is 2.31. The predicted octanol–water partition coefficient (Wildman–Crippen LogP) is 0.547. The smallest absolute Gasteiger partial charge is 0.228 e. The van der Waals surface area contributed by atoms with Crippen LogP contribution < -0.4 is 0 Å². The number of hydrogen-bond donors (Lipinski definition) is 1. The van der Waals surface area contributed by atoms with Crippen LogP contribution in [0.3, 0.4) is 0 Å². The number of ether oxygens (including phenoxy) is 1. The maximum absolute atomic E-state index is 12.8. The van der Waals surface area contributed by atoms with Crippen molar-refractivity contribution in [3.05, 3.63) is 0 Å². The average Bonchev–Trinajstić information content (AvgIpc) is 2.97. The van der Waals surface area contributed by atoms with E-state index in [-0.39, 0.29) is 11.8 Å². The Balaban J connectivity index is 1.23. The fraction of sp³-hybridized carbons (Fsp3) is 0.947. The first-order valence-electron chi connectivity index (χ1n) is 10.2. The molecule has 0 unspecified atom stereocenters. The van der Waals surface area contributed by atoms with Gasteiger partial charge in [0.2, 0.25) is 5.91 Å². The highest BCUT2D eigenvalue weighted by atomic mass is 16.5. The SMILES string of the molecule is O=C(C1CN(C2CCCCC2)C1)N1CC[C@](O)(CN2CCOCC2)C1. The Labute approximate surface area is 151 Å². The minimum Gasteiger partial charge on any atom is -0.387 e. The van der Waals surface area contributed by atoms with E-state index in [1.165, 1.54) is 32.1 Å². The van der Waals surface area contributed by atoms with Gasteiger partial charge in [-0.05, 0) is 19.3 Å². The Kier molecular flexibility index (Phi) is 5.32. The molecule has 25 heavy (non-hydrogen) atoms. The van der Waals surface area contributed by atoms with Crippen molar-refractivity contribution in [2.45, 2.75) is 50.2 Å². The van der Waals surface area contributed by atoms with E-state index >= 15 is 0 Å². The maximum atomic E-state index is 12.8. The zero-order chi connectivity index (χ0) is 17.3. The van der Waals surface area contributed by atoms with Gasteiger partial charge in [0.1, 0.15) is 0 Å². The number of nitrogens with zero attached hydrogens (tertiary/aromatic N) is 3. The van der Waals surface area contributed by atoms with Gasteiger partial charge in [-0.1, -0.05) is 19.3 Å². The topological polar surface area (TPSA) is 56.2 Å². The Bertz CT molecular complexity index is 471. The molecule has 3 aliphatic heterocycles. The lowest BCUT2D eigenvalue weighted by molar-refractivity contribution is -0.142. The van der Waals surface area contributed by atoms with Gasteiger partial charge in [-0.2, -0.15) is 0 Å². The molecule has 0 radical (unpaired) electrons. The Morgan fingerprint density at radius 2 is 1.80 bits per heavy atom. The minimum atomic E-state index is -0.736. The van der Waals surface area contributed by atoms with Crippen LogP contribution in [0.4, 0.5) is 0 Å². The van der Waals surface area contributed by atoms with E-state index in [2.05, 4.69) is 9.80 Å². The Hall–Kier alpha value is -0.690. The minimum absolute atomic E-state index is 0.160.